The molecule has 0 amide bonds. The highest BCUT2D eigenvalue weighted by Gasteiger charge is 2.19. The smallest absolute Gasteiger partial charge is 0.229 e. The molecule has 0 fully saturated rings. The Labute approximate surface area is 117 Å². The SMILES string of the molecule is COc1cc(C(O)C2=NCCN2)ccc1NS(C)(=O)=O. The summed E-state index contributed by atoms with van der Waals surface area (Å²) in [5.41, 5.74) is 0.904. The molecule has 0 bridgehead atoms. The molecule has 1 aromatic carbocycles. The number of nitrogens with zero attached hydrogens (tertiary/aromatic N) is 1. The zero-order chi connectivity index (χ0) is 14.8. The van der Waals surface area contributed by atoms with Crippen LogP contribution in [0.3, 0.4) is 0 Å². The maximum atomic E-state index is 11.3. The first-order chi connectivity index (χ1) is 9.40. The first-order valence-corrected chi connectivity index (χ1v) is 7.92. The molecule has 0 radical (unpaired) electrons. The predicted octanol–water partition coefficient (Wildman–Crippen LogP) is 0.102. The van der Waals surface area contributed by atoms with Gasteiger partial charge in [-0.25, -0.2) is 8.42 Å². The topological polar surface area (TPSA) is 100 Å². The number of aliphatic hydroxyl groups is 1. The number of hydrogen-bond acceptors (Lipinski definition) is 6. The van der Waals surface area contributed by atoms with Gasteiger partial charge in [0.1, 0.15) is 17.7 Å². The van der Waals surface area contributed by atoms with Crippen molar-refractivity contribution in [2.75, 3.05) is 31.2 Å². The summed E-state index contributed by atoms with van der Waals surface area (Å²) in [7, 11) is -1.95. The maximum absolute atomic E-state index is 11.3. The number of aliphatic imine (C=N–C) groups is 1. The van der Waals surface area contributed by atoms with Gasteiger partial charge in [0.25, 0.3) is 0 Å². The largest absolute Gasteiger partial charge is 0.495 e. The van der Waals surface area contributed by atoms with Crippen LogP contribution in [0, 0.1) is 0 Å². The lowest BCUT2D eigenvalue weighted by molar-refractivity contribution is 0.243. The van der Waals surface area contributed by atoms with Gasteiger partial charge in [0.2, 0.25) is 10.0 Å². The molecule has 0 saturated carbocycles. The number of ether oxygens (including phenoxy) is 1. The first-order valence-electron chi connectivity index (χ1n) is 6.03. The van der Waals surface area contributed by atoms with Gasteiger partial charge in [0.05, 0.1) is 25.6 Å². The van der Waals surface area contributed by atoms with Crippen LogP contribution in [0.5, 0.6) is 5.75 Å². The molecule has 110 valence electrons. The zero-order valence-corrected chi connectivity index (χ0v) is 12.1. The Balaban J connectivity index is 2.29. The third-order valence-corrected chi connectivity index (χ3v) is 3.39. The van der Waals surface area contributed by atoms with Gasteiger partial charge < -0.3 is 15.2 Å². The number of rotatable bonds is 5. The Bertz CT molecular complexity index is 628. The van der Waals surface area contributed by atoms with Gasteiger partial charge in [0.15, 0.2) is 0 Å². The Kier molecular flexibility index (Phi) is 4.15. The van der Waals surface area contributed by atoms with Gasteiger partial charge in [0, 0.05) is 6.54 Å². The summed E-state index contributed by atoms with van der Waals surface area (Å²) in [6.07, 6.45) is 0.186. The van der Waals surface area contributed by atoms with Gasteiger partial charge in [-0.05, 0) is 17.7 Å². The highest BCUT2D eigenvalue weighted by molar-refractivity contribution is 7.92. The van der Waals surface area contributed by atoms with Crippen molar-refractivity contribution in [2.24, 2.45) is 4.99 Å². The number of sulfonamides is 1. The molecule has 0 aromatic heterocycles. The molecule has 8 heteroatoms. The van der Waals surface area contributed by atoms with Crippen molar-refractivity contribution >= 4 is 21.5 Å². The summed E-state index contributed by atoms with van der Waals surface area (Å²) in [6, 6.07) is 4.76. The minimum Gasteiger partial charge on any atom is -0.495 e. The van der Waals surface area contributed by atoms with Crippen molar-refractivity contribution in [3.05, 3.63) is 23.8 Å². The monoisotopic (exact) mass is 299 g/mol. The first kappa shape index (κ1) is 14.6. The van der Waals surface area contributed by atoms with E-state index in [1.165, 1.54) is 7.11 Å². The number of hydrogen-bond donors (Lipinski definition) is 3. The van der Waals surface area contributed by atoms with E-state index in [2.05, 4.69) is 15.0 Å². The molecule has 20 heavy (non-hydrogen) atoms. The fraction of sp³-hybridized carbons (Fsp3) is 0.417. The van der Waals surface area contributed by atoms with Crippen molar-refractivity contribution < 1.29 is 18.3 Å². The summed E-state index contributed by atoms with van der Waals surface area (Å²) >= 11 is 0. The van der Waals surface area contributed by atoms with Crippen molar-refractivity contribution in [3.8, 4) is 5.75 Å². The van der Waals surface area contributed by atoms with E-state index in [0.717, 1.165) is 6.26 Å². The predicted molar refractivity (Wildman–Crippen MR) is 76.7 cm³/mol. The quantitative estimate of drug-likeness (QED) is 0.716. The molecule has 1 aliphatic rings. The molecule has 7 nitrogen and oxygen atoms in total. The number of methoxy groups -OCH3 is 1. The second-order valence-electron chi connectivity index (χ2n) is 4.43. The second kappa shape index (κ2) is 5.68. The Hall–Kier alpha value is -1.80. The molecular weight excluding hydrogens is 282 g/mol. The lowest BCUT2D eigenvalue weighted by Crippen LogP contribution is -2.25. The van der Waals surface area contributed by atoms with Crippen LogP contribution < -0.4 is 14.8 Å². The Morgan fingerprint density at radius 2 is 2.25 bits per heavy atom. The highest BCUT2D eigenvalue weighted by atomic mass is 32.2. The average molecular weight is 299 g/mol. The standard InChI is InChI=1S/C12H17N3O4S/c1-19-10-7-8(11(16)12-13-5-6-14-12)3-4-9(10)15-20(2,17)18/h3-4,7,11,15-16H,5-6H2,1-2H3,(H,13,14). The van der Waals surface area contributed by atoms with Crippen molar-refractivity contribution in [2.45, 2.75) is 6.10 Å². The average Bonchev–Trinajstić information content (AvgIpc) is 2.90. The highest BCUT2D eigenvalue weighted by Crippen LogP contribution is 2.29. The van der Waals surface area contributed by atoms with E-state index in [9.17, 15) is 13.5 Å². The van der Waals surface area contributed by atoms with E-state index in [4.69, 9.17) is 4.74 Å². The van der Waals surface area contributed by atoms with Gasteiger partial charge in [-0.15, -0.1) is 0 Å². The van der Waals surface area contributed by atoms with E-state index in [0.29, 0.717) is 35.9 Å². The van der Waals surface area contributed by atoms with E-state index < -0.39 is 16.1 Å². The second-order valence-corrected chi connectivity index (χ2v) is 6.18. The lowest BCUT2D eigenvalue weighted by atomic mass is 10.1. The minimum atomic E-state index is -3.39. The fourth-order valence-corrected chi connectivity index (χ4v) is 2.49. The molecule has 1 atom stereocenters. The molecule has 0 spiro atoms. The fourth-order valence-electron chi connectivity index (χ4n) is 1.92. The number of amidine groups is 1. The molecule has 1 aromatic rings. The Morgan fingerprint density at radius 3 is 2.80 bits per heavy atom. The van der Waals surface area contributed by atoms with Gasteiger partial charge in [-0.1, -0.05) is 6.07 Å². The third kappa shape index (κ3) is 3.40. The number of nitrogens with one attached hydrogen (secondary N) is 2. The van der Waals surface area contributed by atoms with E-state index in [1.54, 1.807) is 18.2 Å². The molecule has 1 heterocycles. The molecular formula is C12H17N3O4S. The summed E-state index contributed by atoms with van der Waals surface area (Å²) in [6.45, 7) is 1.34. The minimum absolute atomic E-state index is 0.326. The summed E-state index contributed by atoms with van der Waals surface area (Å²) < 4.78 is 30.0. The molecule has 1 unspecified atom stereocenters. The van der Waals surface area contributed by atoms with Crippen LogP contribution in [0.1, 0.15) is 11.7 Å². The number of aliphatic hydroxyl groups excluding tert-OH is 1. The van der Waals surface area contributed by atoms with Crippen LogP contribution in [-0.2, 0) is 10.0 Å². The van der Waals surface area contributed by atoms with E-state index >= 15 is 0 Å². The molecule has 1 aliphatic heterocycles. The van der Waals surface area contributed by atoms with Crippen LogP contribution in [0.15, 0.2) is 23.2 Å². The molecule has 2 rings (SSSR count). The number of benzene rings is 1. The van der Waals surface area contributed by atoms with E-state index in [1.807, 2.05) is 0 Å². The van der Waals surface area contributed by atoms with Gasteiger partial charge >= 0.3 is 0 Å². The normalized spacial score (nSPS) is 16.2. The summed E-state index contributed by atoms with van der Waals surface area (Å²) in [5, 5.41) is 13.2. The van der Waals surface area contributed by atoms with Crippen LogP contribution in [-0.4, -0.2) is 45.8 Å². The van der Waals surface area contributed by atoms with Gasteiger partial charge in [-0.2, -0.15) is 0 Å². The van der Waals surface area contributed by atoms with Crippen molar-refractivity contribution in [1.29, 1.82) is 0 Å². The lowest BCUT2D eigenvalue weighted by Gasteiger charge is -2.15. The van der Waals surface area contributed by atoms with Crippen molar-refractivity contribution in [3.63, 3.8) is 0 Å². The molecule has 0 aliphatic carbocycles. The van der Waals surface area contributed by atoms with Crippen LogP contribution in [0.4, 0.5) is 5.69 Å². The van der Waals surface area contributed by atoms with Crippen LogP contribution in [0.25, 0.3) is 0 Å². The molecule has 3 N–H and O–H groups in total. The summed E-state index contributed by atoms with van der Waals surface area (Å²) in [4.78, 5) is 4.15. The van der Waals surface area contributed by atoms with Crippen LogP contribution in [0.2, 0.25) is 0 Å². The van der Waals surface area contributed by atoms with Crippen molar-refractivity contribution in [1.82, 2.24) is 5.32 Å². The summed E-state index contributed by atoms with van der Waals surface area (Å²) in [5.74, 6) is 0.849. The van der Waals surface area contributed by atoms with E-state index in [-0.39, 0.29) is 0 Å². The third-order valence-electron chi connectivity index (χ3n) is 2.80. The van der Waals surface area contributed by atoms with Crippen LogP contribution >= 0.6 is 0 Å². The van der Waals surface area contributed by atoms with Gasteiger partial charge in [-0.3, -0.25) is 9.71 Å². The zero-order valence-electron chi connectivity index (χ0n) is 11.3. The number of anilines is 1. The maximum Gasteiger partial charge on any atom is 0.229 e. The molecule has 0 saturated heterocycles. The Morgan fingerprint density at radius 1 is 1.50 bits per heavy atom.